The van der Waals surface area contributed by atoms with Crippen LogP contribution in [0.5, 0.6) is 0 Å². The molecule has 1 amide bonds. The topological polar surface area (TPSA) is 83.6 Å². The Morgan fingerprint density at radius 3 is 1.90 bits per heavy atom. The summed E-state index contributed by atoms with van der Waals surface area (Å²) in [5.41, 5.74) is 4.73. The zero-order chi connectivity index (χ0) is 8.31. The molecule has 0 fully saturated rings. The van der Waals surface area contributed by atoms with E-state index < -0.39 is 18.1 Å². The second-order valence-electron chi connectivity index (χ2n) is 2.58. The van der Waals surface area contributed by atoms with Gasteiger partial charge in [0.2, 0.25) is 5.91 Å². The fraction of sp³-hybridized carbons (Fsp3) is 0.833. The van der Waals surface area contributed by atoms with Crippen molar-refractivity contribution in [2.75, 3.05) is 0 Å². The van der Waals surface area contributed by atoms with Gasteiger partial charge in [0.15, 0.2) is 6.10 Å². The molecule has 0 saturated heterocycles. The fourth-order valence-electron chi connectivity index (χ4n) is 0.533. The largest absolute Gasteiger partial charge is 0.390 e. The maximum atomic E-state index is 10.3. The highest BCUT2D eigenvalue weighted by molar-refractivity contribution is 5.79. The summed E-state index contributed by atoms with van der Waals surface area (Å²) in [6, 6.07) is 0. The standard InChI is InChI=1S/C6H13NO3/c1-3(2)4(8)5(9)6(7)10/h3-5,8-9H,1-2H3,(H2,7,10)/t4-,5-/m1/s1. The van der Waals surface area contributed by atoms with Gasteiger partial charge in [0.05, 0.1) is 6.10 Å². The van der Waals surface area contributed by atoms with E-state index in [0.717, 1.165) is 0 Å². The third-order valence-corrected chi connectivity index (χ3v) is 1.30. The number of amides is 1. The van der Waals surface area contributed by atoms with E-state index in [0.29, 0.717) is 0 Å². The molecule has 4 nitrogen and oxygen atoms in total. The number of rotatable bonds is 3. The molecule has 60 valence electrons. The minimum atomic E-state index is -1.44. The Morgan fingerprint density at radius 2 is 1.80 bits per heavy atom. The predicted octanol–water partition coefficient (Wildman–Crippen LogP) is -1.15. The van der Waals surface area contributed by atoms with Gasteiger partial charge in [-0.2, -0.15) is 0 Å². The summed E-state index contributed by atoms with van der Waals surface area (Å²) in [6.07, 6.45) is -2.50. The first kappa shape index (κ1) is 9.39. The van der Waals surface area contributed by atoms with Crippen LogP contribution >= 0.6 is 0 Å². The summed E-state index contributed by atoms with van der Waals surface area (Å²) in [5, 5.41) is 17.9. The highest BCUT2D eigenvalue weighted by Gasteiger charge is 2.23. The van der Waals surface area contributed by atoms with Crippen LogP contribution < -0.4 is 5.73 Å². The van der Waals surface area contributed by atoms with E-state index in [4.69, 9.17) is 15.9 Å². The molecule has 4 N–H and O–H groups in total. The van der Waals surface area contributed by atoms with Crippen LogP contribution in [0.3, 0.4) is 0 Å². The van der Waals surface area contributed by atoms with Crippen molar-refractivity contribution in [2.24, 2.45) is 11.7 Å². The van der Waals surface area contributed by atoms with Crippen LogP contribution in [0.1, 0.15) is 13.8 Å². The number of primary amides is 1. The van der Waals surface area contributed by atoms with E-state index in [2.05, 4.69) is 0 Å². The van der Waals surface area contributed by atoms with Crippen molar-refractivity contribution in [3.05, 3.63) is 0 Å². The van der Waals surface area contributed by atoms with Crippen molar-refractivity contribution in [2.45, 2.75) is 26.1 Å². The van der Waals surface area contributed by atoms with Gasteiger partial charge < -0.3 is 15.9 Å². The van der Waals surface area contributed by atoms with E-state index in [-0.39, 0.29) is 5.92 Å². The minimum absolute atomic E-state index is 0.164. The molecular formula is C6H13NO3. The zero-order valence-electron chi connectivity index (χ0n) is 6.11. The highest BCUT2D eigenvalue weighted by Crippen LogP contribution is 2.04. The Labute approximate surface area is 59.7 Å². The van der Waals surface area contributed by atoms with Gasteiger partial charge in [-0.1, -0.05) is 13.8 Å². The lowest BCUT2D eigenvalue weighted by Crippen LogP contribution is -2.41. The molecule has 0 radical (unpaired) electrons. The number of nitrogens with two attached hydrogens (primary N) is 1. The molecule has 0 aromatic rings. The lowest BCUT2D eigenvalue weighted by Gasteiger charge is -2.17. The van der Waals surface area contributed by atoms with Crippen molar-refractivity contribution < 1.29 is 15.0 Å². The smallest absolute Gasteiger partial charge is 0.248 e. The molecule has 0 aliphatic rings. The lowest BCUT2D eigenvalue weighted by molar-refractivity contribution is -0.133. The molecule has 2 atom stereocenters. The quantitative estimate of drug-likeness (QED) is 0.471. The second-order valence-corrected chi connectivity index (χ2v) is 2.58. The maximum Gasteiger partial charge on any atom is 0.248 e. The van der Waals surface area contributed by atoms with E-state index in [1.807, 2.05) is 0 Å². The van der Waals surface area contributed by atoms with Crippen molar-refractivity contribution in [1.82, 2.24) is 0 Å². The maximum absolute atomic E-state index is 10.3. The Hall–Kier alpha value is -0.610. The summed E-state index contributed by atoms with van der Waals surface area (Å²) < 4.78 is 0. The van der Waals surface area contributed by atoms with Crippen LogP contribution in [-0.2, 0) is 4.79 Å². The van der Waals surface area contributed by atoms with Crippen LogP contribution in [0, 0.1) is 5.92 Å². The Kier molecular flexibility index (Phi) is 3.32. The van der Waals surface area contributed by atoms with Crippen molar-refractivity contribution in [3.63, 3.8) is 0 Å². The van der Waals surface area contributed by atoms with Gasteiger partial charge in [-0.15, -0.1) is 0 Å². The lowest BCUT2D eigenvalue weighted by atomic mass is 10.0. The van der Waals surface area contributed by atoms with Gasteiger partial charge in [0, 0.05) is 0 Å². The molecule has 0 aliphatic heterocycles. The first-order chi connectivity index (χ1) is 4.46. The number of carbonyl (C=O) groups is 1. The van der Waals surface area contributed by atoms with Crippen molar-refractivity contribution in [3.8, 4) is 0 Å². The zero-order valence-corrected chi connectivity index (χ0v) is 6.11. The van der Waals surface area contributed by atoms with E-state index in [9.17, 15) is 4.79 Å². The minimum Gasteiger partial charge on any atom is -0.390 e. The van der Waals surface area contributed by atoms with Crippen LogP contribution in [0.4, 0.5) is 0 Å². The molecule has 0 spiro atoms. The third-order valence-electron chi connectivity index (χ3n) is 1.30. The molecule has 0 bridgehead atoms. The molecule has 0 aromatic heterocycles. The van der Waals surface area contributed by atoms with Crippen LogP contribution in [0.15, 0.2) is 0 Å². The molecule has 0 rings (SSSR count). The summed E-state index contributed by atoms with van der Waals surface area (Å²) in [6.45, 7) is 3.38. The summed E-state index contributed by atoms with van der Waals surface area (Å²) in [7, 11) is 0. The monoisotopic (exact) mass is 147 g/mol. The molecular weight excluding hydrogens is 134 g/mol. The van der Waals surface area contributed by atoms with Gasteiger partial charge in [-0.25, -0.2) is 0 Å². The van der Waals surface area contributed by atoms with Gasteiger partial charge in [0.25, 0.3) is 0 Å². The molecule has 4 heteroatoms. The number of aliphatic hydroxyl groups excluding tert-OH is 2. The first-order valence-corrected chi connectivity index (χ1v) is 3.12. The Balaban J connectivity index is 3.94. The summed E-state index contributed by atoms with van der Waals surface area (Å²) >= 11 is 0. The second kappa shape index (κ2) is 3.53. The van der Waals surface area contributed by atoms with Crippen molar-refractivity contribution >= 4 is 5.91 Å². The summed E-state index contributed by atoms with van der Waals surface area (Å²) in [4.78, 5) is 10.3. The van der Waals surface area contributed by atoms with Crippen LogP contribution in [-0.4, -0.2) is 28.3 Å². The van der Waals surface area contributed by atoms with Gasteiger partial charge in [-0.05, 0) is 5.92 Å². The molecule has 0 saturated carbocycles. The van der Waals surface area contributed by atoms with E-state index >= 15 is 0 Å². The highest BCUT2D eigenvalue weighted by atomic mass is 16.3. The summed E-state index contributed by atoms with van der Waals surface area (Å²) in [5.74, 6) is -1.05. The normalized spacial score (nSPS) is 16.9. The van der Waals surface area contributed by atoms with Crippen LogP contribution in [0.2, 0.25) is 0 Å². The number of aliphatic hydroxyl groups is 2. The molecule has 10 heavy (non-hydrogen) atoms. The Morgan fingerprint density at radius 1 is 1.40 bits per heavy atom. The number of carbonyl (C=O) groups excluding carboxylic acids is 1. The average Bonchev–Trinajstić information content (AvgIpc) is 1.84. The molecule has 0 aromatic carbocycles. The van der Waals surface area contributed by atoms with Gasteiger partial charge >= 0.3 is 0 Å². The predicted molar refractivity (Wildman–Crippen MR) is 36.0 cm³/mol. The fourth-order valence-corrected chi connectivity index (χ4v) is 0.533. The van der Waals surface area contributed by atoms with Crippen LogP contribution in [0.25, 0.3) is 0 Å². The third kappa shape index (κ3) is 2.33. The van der Waals surface area contributed by atoms with Gasteiger partial charge in [-0.3, -0.25) is 4.79 Å². The average molecular weight is 147 g/mol. The molecule has 0 unspecified atom stereocenters. The SMILES string of the molecule is CC(C)[C@@H](O)[C@@H](O)C(N)=O. The Bertz CT molecular complexity index is 124. The molecule has 0 heterocycles. The van der Waals surface area contributed by atoms with Crippen molar-refractivity contribution in [1.29, 1.82) is 0 Å². The van der Waals surface area contributed by atoms with Gasteiger partial charge in [0.1, 0.15) is 0 Å². The number of hydrogen-bond acceptors (Lipinski definition) is 3. The van der Waals surface area contributed by atoms with E-state index in [1.54, 1.807) is 13.8 Å². The number of hydrogen-bond donors (Lipinski definition) is 3. The molecule has 0 aliphatic carbocycles. The van der Waals surface area contributed by atoms with E-state index in [1.165, 1.54) is 0 Å². The first-order valence-electron chi connectivity index (χ1n) is 3.12.